The lowest BCUT2D eigenvalue weighted by molar-refractivity contribution is -0.159. The van der Waals surface area contributed by atoms with Gasteiger partial charge < -0.3 is 14.4 Å². The van der Waals surface area contributed by atoms with E-state index in [1.54, 1.807) is 0 Å². The van der Waals surface area contributed by atoms with E-state index in [4.69, 9.17) is 4.74 Å². The van der Waals surface area contributed by atoms with Gasteiger partial charge in [-0.05, 0) is 0 Å². The van der Waals surface area contributed by atoms with Gasteiger partial charge in [0.15, 0.2) is 0 Å². The first-order valence-electron chi connectivity index (χ1n) is 4.16. The fourth-order valence-corrected chi connectivity index (χ4v) is 0.945. The topological polar surface area (TPSA) is 55.8 Å². The highest BCUT2D eigenvalue weighted by atomic mass is 19.3. The molecular formula is C8H9F2NO4. The second-order valence-corrected chi connectivity index (χ2v) is 2.70. The van der Waals surface area contributed by atoms with Crippen LogP contribution in [0.1, 0.15) is 0 Å². The Morgan fingerprint density at radius 3 is 2.73 bits per heavy atom. The maximum Gasteiger partial charge on any atom is 0.397 e. The summed E-state index contributed by atoms with van der Waals surface area (Å²) in [5, 5.41) is 0. The maximum atomic E-state index is 11.5. The molecule has 1 rings (SSSR count). The average molecular weight is 221 g/mol. The van der Waals surface area contributed by atoms with Crippen molar-refractivity contribution in [3.05, 3.63) is 12.2 Å². The number of ether oxygens (including phenoxy) is 2. The Bertz CT molecular complexity index is 282. The molecule has 0 bridgehead atoms. The van der Waals surface area contributed by atoms with Crippen LogP contribution in [0.5, 0.6) is 0 Å². The summed E-state index contributed by atoms with van der Waals surface area (Å²) in [4.78, 5) is 23.3. The predicted octanol–water partition coefficient (Wildman–Crippen LogP) is 0.126. The summed E-state index contributed by atoms with van der Waals surface area (Å²) in [6.45, 7) is 0.0854. The molecule has 0 atom stereocenters. The van der Waals surface area contributed by atoms with Crippen molar-refractivity contribution in [3.63, 3.8) is 0 Å². The lowest BCUT2D eigenvalue weighted by Crippen LogP contribution is -2.35. The van der Waals surface area contributed by atoms with Crippen molar-refractivity contribution in [2.45, 2.75) is 0 Å². The van der Waals surface area contributed by atoms with Crippen LogP contribution in [0, 0.1) is 0 Å². The molecule has 1 amide bonds. The van der Waals surface area contributed by atoms with Gasteiger partial charge in [-0.3, -0.25) is 4.79 Å². The van der Waals surface area contributed by atoms with Gasteiger partial charge in [-0.15, -0.1) is 0 Å². The maximum absolute atomic E-state index is 11.5. The molecule has 84 valence electrons. The van der Waals surface area contributed by atoms with Gasteiger partial charge in [0, 0.05) is 12.6 Å². The molecule has 0 unspecified atom stereocenters. The number of carbonyl (C=O) groups is 2. The first-order valence-corrected chi connectivity index (χ1v) is 4.16. The number of amides is 1. The lowest BCUT2D eigenvalue weighted by Gasteiger charge is -2.11. The standard InChI is InChI=1S/C8H9F2NO4/c9-6(10)1-3-15-8(13)7(12)11-2-4-14-5-11/h1H,2-5H2. The highest BCUT2D eigenvalue weighted by Crippen LogP contribution is 2.01. The Morgan fingerprint density at radius 2 is 2.20 bits per heavy atom. The third-order valence-electron chi connectivity index (χ3n) is 1.67. The van der Waals surface area contributed by atoms with Gasteiger partial charge in [-0.1, -0.05) is 0 Å². The minimum absolute atomic E-state index is 0.0290. The number of hydrogen-bond donors (Lipinski definition) is 0. The molecule has 1 heterocycles. The van der Waals surface area contributed by atoms with Crippen LogP contribution in [-0.4, -0.2) is 43.3 Å². The van der Waals surface area contributed by atoms with Crippen LogP contribution < -0.4 is 0 Å². The van der Waals surface area contributed by atoms with Gasteiger partial charge in [-0.25, -0.2) is 4.79 Å². The van der Waals surface area contributed by atoms with Gasteiger partial charge in [0.2, 0.25) is 0 Å². The second-order valence-electron chi connectivity index (χ2n) is 2.70. The first-order chi connectivity index (χ1) is 7.11. The number of esters is 1. The highest BCUT2D eigenvalue weighted by Gasteiger charge is 2.25. The molecule has 0 aromatic rings. The van der Waals surface area contributed by atoms with Gasteiger partial charge in [0.25, 0.3) is 6.08 Å². The van der Waals surface area contributed by atoms with Gasteiger partial charge in [0.05, 0.1) is 6.61 Å². The van der Waals surface area contributed by atoms with Gasteiger partial charge in [0.1, 0.15) is 13.3 Å². The Labute approximate surface area is 84.2 Å². The van der Waals surface area contributed by atoms with E-state index in [0.29, 0.717) is 19.2 Å². The Kier molecular flexibility index (Phi) is 4.17. The van der Waals surface area contributed by atoms with Crippen molar-refractivity contribution in [1.29, 1.82) is 0 Å². The molecule has 0 aromatic carbocycles. The monoisotopic (exact) mass is 221 g/mol. The highest BCUT2D eigenvalue weighted by molar-refractivity contribution is 6.32. The van der Waals surface area contributed by atoms with Gasteiger partial charge >= 0.3 is 11.9 Å². The molecule has 0 saturated carbocycles. The van der Waals surface area contributed by atoms with E-state index in [1.807, 2.05) is 0 Å². The first kappa shape index (κ1) is 11.6. The van der Waals surface area contributed by atoms with E-state index in [1.165, 1.54) is 0 Å². The molecular weight excluding hydrogens is 212 g/mol. The predicted molar refractivity (Wildman–Crippen MR) is 43.8 cm³/mol. The van der Waals surface area contributed by atoms with Crippen molar-refractivity contribution in [1.82, 2.24) is 4.90 Å². The molecule has 5 nitrogen and oxygen atoms in total. The van der Waals surface area contributed by atoms with Crippen LogP contribution in [0.15, 0.2) is 12.2 Å². The molecule has 1 aliphatic heterocycles. The van der Waals surface area contributed by atoms with Crippen molar-refractivity contribution < 1.29 is 27.8 Å². The number of halogens is 2. The molecule has 1 saturated heterocycles. The van der Waals surface area contributed by atoms with Crippen LogP contribution in [0.4, 0.5) is 8.78 Å². The van der Waals surface area contributed by atoms with Crippen molar-refractivity contribution in [3.8, 4) is 0 Å². The SMILES string of the molecule is O=C(OCC=C(F)F)C(=O)N1CCOC1. The number of rotatable bonds is 2. The van der Waals surface area contributed by atoms with Crippen molar-refractivity contribution in [2.24, 2.45) is 0 Å². The quantitative estimate of drug-likeness (QED) is 0.491. The van der Waals surface area contributed by atoms with E-state index in [2.05, 4.69) is 4.74 Å². The third-order valence-corrected chi connectivity index (χ3v) is 1.67. The fraction of sp³-hybridized carbons (Fsp3) is 0.500. The van der Waals surface area contributed by atoms with Crippen LogP contribution >= 0.6 is 0 Å². The summed E-state index contributed by atoms with van der Waals surface area (Å²) in [5.74, 6) is -2.03. The Morgan fingerprint density at radius 1 is 1.47 bits per heavy atom. The molecule has 0 aromatic heterocycles. The van der Waals surface area contributed by atoms with Crippen LogP contribution in [-0.2, 0) is 19.1 Å². The Hall–Kier alpha value is -1.50. The van der Waals surface area contributed by atoms with Gasteiger partial charge in [-0.2, -0.15) is 8.78 Å². The van der Waals surface area contributed by atoms with Crippen LogP contribution in [0.25, 0.3) is 0 Å². The average Bonchev–Trinajstić information content (AvgIpc) is 2.68. The smallest absolute Gasteiger partial charge is 0.397 e. The van der Waals surface area contributed by atoms with E-state index in [9.17, 15) is 18.4 Å². The molecule has 7 heteroatoms. The molecule has 1 fully saturated rings. The number of nitrogens with zero attached hydrogens (tertiary/aromatic N) is 1. The zero-order chi connectivity index (χ0) is 11.3. The summed E-state index contributed by atoms with van der Waals surface area (Å²) < 4.78 is 32.2. The van der Waals surface area contributed by atoms with Crippen molar-refractivity contribution in [2.75, 3.05) is 26.5 Å². The zero-order valence-electron chi connectivity index (χ0n) is 7.74. The Balaban J connectivity index is 2.33. The van der Waals surface area contributed by atoms with Crippen LogP contribution in [0.2, 0.25) is 0 Å². The molecule has 0 aliphatic carbocycles. The second kappa shape index (κ2) is 5.40. The largest absolute Gasteiger partial charge is 0.454 e. The molecule has 1 aliphatic rings. The molecule has 0 spiro atoms. The molecule has 15 heavy (non-hydrogen) atoms. The summed E-state index contributed by atoms with van der Waals surface area (Å²) >= 11 is 0. The summed E-state index contributed by atoms with van der Waals surface area (Å²) in [6.07, 6.45) is -1.55. The zero-order valence-corrected chi connectivity index (χ0v) is 7.74. The van der Waals surface area contributed by atoms with Crippen molar-refractivity contribution >= 4 is 11.9 Å². The normalized spacial score (nSPS) is 14.9. The number of carbonyl (C=O) groups excluding carboxylic acids is 2. The van der Waals surface area contributed by atoms with E-state index < -0.39 is 24.6 Å². The van der Waals surface area contributed by atoms with E-state index in [-0.39, 0.29) is 6.73 Å². The summed E-state index contributed by atoms with van der Waals surface area (Å²) in [5.41, 5.74) is 0. The fourth-order valence-electron chi connectivity index (χ4n) is 0.945. The minimum atomic E-state index is -1.96. The molecule has 0 N–H and O–H groups in total. The summed E-state index contributed by atoms with van der Waals surface area (Å²) in [6, 6.07) is 0. The van der Waals surface area contributed by atoms with Crippen LogP contribution in [0.3, 0.4) is 0 Å². The summed E-state index contributed by atoms with van der Waals surface area (Å²) in [7, 11) is 0. The minimum Gasteiger partial charge on any atom is -0.454 e. The molecule has 0 radical (unpaired) electrons. The van der Waals surface area contributed by atoms with E-state index >= 15 is 0 Å². The lowest BCUT2D eigenvalue weighted by atomic mass is 10.5. The number of hydrogen-bond acceptors (Lipinski definition) is 4. The third kappa shape index (κ3) is 3.62. The van der Waals surface area contributed by atoms with E-state index in [0.717, 1.165) is 4.90 Å².